The van der Waals surface area contributed by atoms with E-state index in [4.69, 9.17) is 0 Å². The summed E-state index contributed by atoms with van der Waals surface area (Å²) in [5.41, 5.74) is 3.18. The van der Waals surface area contributed by atoms with Crippen molar-refractivity contribution in [3.05, 3.63) is 59.2 Å². The van der Waals surface area contributed by atoms with Crippen molar-refractivity contribution >= 4 is 17.4 Å². The predicted molar refractivity (Wildman–Crippen MR) is 107 cm³/mol. The summed E-state index contributed by atoms with van der Waals surface area (Å²) < 4.78 is 27.2. The Bertz CT molecular complexity index is 907. The molecular weight excluding hydrogens is 360 g/mol. The molecule has 2 heterocycles. The number of fused-ring (bicyclic) bond motifs is 2. The summed E-state index contributed by atoms with van der Waals surface area (Å²) in [6, 6.07) is 8.95. The maximum Gasteiger partial charge on any atom is 0.326 e. The lowest BCUT2D eigenvalue weighted by atomic mass is 9.74. The molecule has 0 aliphatic carbocycles. The Hall–Kier alpha value is -2.47. The number of rotatable bonds is 2. The molecule has 4 rings (SSSR count). The summed E-state index contributed by atoms with van der Waals surface area (Å²) in [5, 5.41) is 2.61. The average Bonchev–Trinajstić information content (AvgIpc) is 2.98. The number of nitrogens with zero attached hydrogens (tertiary/aromatic N) is 2. The fourth-order valence-electron chi connectivity index (χ4n) is 4.46. The molecule has 4 nitrogen and oxygen atoms in total. The molecule has 2 aliphatic rings. The first-order valence-corrected chi connectivity index (χ1v) is 9.79. The Labute approximate surface area is 164 Å². The molecule has 0 aromatic heterocycles. The third-order valence-corrected chi connectivity index (χ3v) is 6.15. The fraction of sp³-hybridized carbons (Fsp3) is 0.409. The standard InChI is InChI=1S/C22H25F2N3O/c1-3-26-10-8-22(9-11-26)14-27(20-7-4-15(2)12-17(20)22)21(28)25-19-6-5-16(23)13-18(19)24/h4-7,12-13H,3,8-11,14H2,1-2H3,(H,25,28). The maximum atomic E-state index is 14.0. The summed E-state index contributed by atoms with van der Waals surface area (Å²) in [6.45, 7) is 7.86. The van der Waals surface area contributed by atoms with Crippen LogP contribution >= 0.6 is 0 Å². The lowest BCUT2D eigenvalue weighted by Crippen LogP contribution is -2.46. The number of hydrogen-bond donors (Lipinski definition) is 1. The van der Waals surface area contributed by atoms with Crippen molar-refractivity contribution in [2.75, 3.05) is 36.4 Å². The Kier molecular flexibility index (Phi) is 4.83. The van der Waals surface area contributed by atoms with E-state index in [0.29, 0.717) is 6.54 Å². The molecule has 0 radical (unpaired) electrons. The summed E-state index contributed by atoms with van der Waals surface area (Å²) in [6.07, 6.45) is 1.98. The van der Waals surface area contributed by atoms with Gasteiger partial charge in [0.1, 0.15) is 11.6 Å². The van der Waals surface area contributed by atoms with Crippen molar-refractivity contribution in [2.24, 2.45) is 0 Å². The largest absolute Gasteiger partial charge is 0.326 e. The van der Waals surface area contributed by atoms with Gasteiger partial charge in [-0.3, -0.25) is 4.90 Å². The van der Waals surface area contributed by atoms with Crippen molar-refractivity contribution in [2.45, 2.75) is 32.1 Å². The number of aryl methyl sites for hydroxylation is 1. The number of likely N-dealkylation sites (tertiary alicyclic amines) is 1. The van der Waals surface area contributed by atoms with Crippen molar-refractivity contribution in [3.63, 3.8) is 0 Å². The molecule has 0 bridgehead atoms. The van der Waals surface area contributed by atoms with Crippen LogP contribution in [0.1, 0.15) is 30.9 Å². The number of carbonyl (C=O) groups excluding carboxylic acids is 1. The zero-order chi connectivity index (χ0) is 19.9. The molecule has 2 aromatic carbocycles. The second kappa shape index (κ2) is 7.17. The molecule has 2 aromatic rings. The van der Waals surface area contributed by atoms with Gasteiger partial charge >= 0.3 is 6.03 Å². The normalized spacial score (nSPS) is 18.4. The second-order valence-electron chi connectivity index (χ2n) is 7.88. The Morgan fingerprint density at radius 3 is 2.57 bits per heavy atom. The number of halogens is 2. The molecule has 2 amide bonds. The number of amides is 2. The van der Waals surface area contributed by atoms with Crippen LogP contribution in [0.4, 0.5) is 25.0 Å². The highest BCUT2D eigenvalue weighted by atomic mass is 19.1. The van der Waals surface area contributed by atoms with E-state index in [2.05, 4.69) is 30.1 Å². The van der Waals surface area contributed by atoms with Gasteiger partial charge in [0, 0.05) is 23.7 Å². The number of anilines is 2. The first-order chi connectivity index (χ1) is 13.4. The number of hydrogen-bond acceptors (Lipinski definition) is 2. The molecule has 1 spiro atoms. The third-order valence-electron chi connectivity index (χ3n) is 6.15. The van der Waals surface area contributed by atoms with Gasteiger partial charge in [-0.2, -0.15) is 0 Å². The van der Waals surface area contributed by atoms with Gasteiger partial charge in [-0.15, -0.1) is 0 Å². The van der Waals surface area contributed by atoms with E-state index in [0.717, 1.165) is 50.3 Å². The lowest BCUT2D eigenvalue weighted by molar-refractivity contribution is 0.173. The van der Waals surface area contributed by atoms with Crippen molar-refractivity contribution in [1.29, 1.82) is 0 Å². The van der Waals surface area contributed by atoms with Gasteiger partial charge in [-0.1, -0.05) is 24.6 Å². The number of carbonyl (C=O) groups is 1. The van der Waals surface area contributed by atoms with E-state index >= 15 is 0 Å². The molecular formula is C22H25F2N3O. The fourth-order valence-corrected chi connectivity index (χ4v) is 4.46. The monoisotopic (exact) mass is 385 g/mol. The van der Waals surface area contributed by atoms with Gasteiger partial charge in [0.15, 0.2) is 0 Å². The van der Waals surface area contributed by atoms with E-state index in [1.807, 2.05) is 12.1 Å². The highest BCUT2D eigenvalue weighted by Gasteiger charge is 2.46. The van der Waals surface area contributed by atoms with Crippen LogP contribution in [0.25, 0.3) is 0 Å². The quantitative estimate of drug-likeness (QED) is 0.815. The zero-order valence-electron chi connectivity index (χ0n) is 16.3. The molecule has 1 saturated heterocycles. The summed E-state index contributed by atoms with van der Waals surface area (Å²) in [5.74, 6) is -1.44. The predicted octanol–water partition coefficient (Wildman–Crippen LogP) is 4.68. The van der Waals surface area contributed by atoms with Crippen LogP contribution in [0.5, 0.6) is 0 Å². The van der Waals surface area contributed by atoms with E-state index in [1.165, 1.54) is 17.2 Å². The van der Waals surface area contributed by atoms with Crippen LogP contribution in [0.2, 0.25) is 0 Å². The summed E-state index contributed by atoms with van der Waals surface area (Å²) >= 11 is 0. The molecule has 148 valence electrons. The van der Waals surface area contributed by atoms with Gasteiger partial charge < -0.3 is 10.2 Å². The zero-order valence-corrected chi connectivity index (χ0v) is 16.3. The minimum atomic E-state index is -0.775. The van der Waals surface area contributed by atoms with Crippen molar-refractivity contribution in [3.8, 4) is 0 Å². The number of benzene rings is 2. The second-order valence-corrected chi connectivity index (χ2v) is 7.88. The molecule has 1 N–H and O–H groups in total. The van der Waals surface area contributed by atoms with Gasteiger partial charge in [-0.25, -0.2) is 13.6 Å². The Morgan fingerprint density at radius 2 is 1.89 bits per heavy atom. The number of piperidine rings is 1. The molecule has 0 saturated carbocycles. The Morgan fingerprint density at radius 1 is 1.14 bits per heavy atom. The van der Waals surface area contributed by atoms with Gasteiger partial charge in [0.25, 0.3) is 0 Å². The molecule has 1 fully saturated rings. The smallest absolute Gasteiger partial charge is 0.305 e. The first-order valence-electron chi connectivity index (χ1n) is 9.79. The molecule has 2 aliphatic heterocycles. The van der Waals surface area contributed by atoms with Gasteiger partial charge in [0.05, 0.1) is 5.69 Å². The van der Waals surface area contributed by atoms with Crippen LogP contribution in [0.15, 0.2) is 36.4 Å². The maximum absolute atomic E-state index is 14.0. The highest BCUT2D eigenvalue weighted by molar-refractivity contribution is 6.03. The van der Waals surface area contributed by atoms with E-state index in [1.54, 1.807) is 4.90 Å². The molecule has 6 heteroatoms. The minimum Gasteiger partial charge on any atom is -0.305 e. The molecule has 0 unspecified atom stereocenters. The minimum absolute atomic E-state index is 0.0122. The van der Waals surface area contributed by atoms with Crippen molar-refractivity contribution in [1.82, 2.24) is 4.90 Å². The highest BCUT2D eigenvalue weighted by Crippen LogP contribution is 2.47. The summed E-state index contributed by atoms with van der Waals surface area (Å²) in [7, 11) is 0. The molecule has 0 atom stereocenters. The topological polar surface area (TPSA) is 35.6 Å². The molecule has 28 heavy (non-hydrogen) atoms. The SMILES string of the molecule is CCN1CCC2(CC1)CN(C(=O)Nc1ccc(F)cc1F)c1ccc(C)cc12. The van der Waals surface area contributed by atoms with Gasteiger partial charge in [0.2, 0.25) is 0 Å². The number of nitrogens with one attached hydrogen (secondary N) is 1. The Balaban J connectivity index is 1.63. The lowest BCUT2D eigenvalue weighted by Gasteiger charge is -2.39. The third kappa shape index (κ3) is 3.26. The van der Waals surface area contributed by atoms with Crippen LogP contribution in [0, 0.1) is 18.6 Å². The van der Waals surface area contributed by atoms with E-state index in [-0.39, 0.29) is 17.1 Å². The van der Waals surface area contributed by atoms with Crippen LogP contribution in [-0.2, 0) is 5.41 Å². The summed E-state index contributed by atoms with van der Waals surface area (Å²) in [4.78, 5) is 17.1. The van der Waals surface area contributed by atoms with Crippen LogP contribution < -0.4 is 10.2 Å². The van der Waals surface area contributed by atoms with Crippen molar-refractivity contribution < 1.29 is 13.6 Å². The first kappa shape index (κ1) is 18.9. The van der Waals surface area contributed by atoms with Crippen LogP contribution in [-0.4, -0.2) is 37.1 Å². The van der Waals surface area contributed by atoms with E-state index in [9.17, 15) is 13.6 Å². The van der Waals surface area contributed by atoms with Gasteiger partial charge in [-0.05, 0) is 63.2 Å². The van der Waals surface area contributed by atoms with E-state index < -0.39 is 11.6 Å². The average molecular weight is 385 g/mol. The van der Waals surface area contributed by atoms with Crippen LogP contribution in [0.3, 0.4) is 0 Å². The number of urea groups is 1.